The van der Waals surface area contributed by atoms with Gasteiger partial charge < -0.3 is 29.7 Å². The quantitative estimate of drug-likeness (QED) is 0.270. The van der Waals surface area contributed by atoms with Crippen molar-refractivity contribution in [3.05, 3.63) is 82.2 Å². The molecule has 2 heterocycles. The summed E-state index contributed by atoms with van der Waals surface area (Å²) in [7, 11) is 4.32. The Morgan fingerprint density at radius 2 is 1.49 bits per heavy atom. The van der Waals surface area contributed by atoms with Gasteiger partial charge in [-0.25, -0.2) is 9.59 Å². The highest BCUT2D eigenvalue weighted by Crippen LogP contribution is 2.40. The van der Waals surface area contributed by atoms with Crippen molar-refractivity contribution in [2.75, 3.05) is 46.3 Å². The number of nitrogens with one attached hydrogen (secondary N) is 2. The summed E-state index contributed by atoms with van der Waals surface area (Å²) < 4.78 is 15.5. The van der Waals surface area contributed by atoms with E-state index in [9.17, 15) is 14.4 Å². The Morgan fingerprint density at radius 3 is 2.12 bits per heavy atom. The van der Waals surface area contributed by atoms with Gasteiger partial charge >= 0.3 is 11.9 Å². The first-order valence-electron chi connectivity index (χ1n) is 14.9. The predicted octanol–water partition coefficient (Wildman–Crippen LogP) is 5.26. The molecule has 1 fully saturated rings. The minimum atomic E-state index is -0.703. The van der Waals surface area contributed by atoms with Crippen molar-refractivity contribution in [1.29, 1.82) is 0 Å². The Labute approximate surface area is 254 Å². The molecule has 0 spiro atoms. The molecule has 0 radical (unpaired) electrons. The number of carbonyl (C=O) groups is 3. The van der Waals surface area contributed by atoms with E-state index in [0.29, 0.717) is 46.1 Å². The molecule has 2 aliphatic heterocycles. The highest BCUT2D eigenvalue weighted by Gasteiger charge is 2.37. The first-order valence-corrected chi connectivity index (χ1v) is 14.9. The van der Waals surface area contributed by atoms with Crippen LogP contribution < -0.4 is 15.4 Å². The normalized spacial score (nSPS) is 16.5. The van der Waals surface area contributed by atoms with Gasteiger partial charge in [-0.3, -0.25) is 4.79 Å². The molecule has 1 saturated heterocycles. The fraction of sp³-hybridized carbons (Fsp3) is 0.441. The molecule has 0 atom stereocenters. The minimum Gasteiger partial charge on any atom is -0.497 e. The lowest BCUT2D eigenvalue weighted by atomic mass is 9.80. The molecular formula is C34H43N3O6. The number of dihydropyridines is 1. The zero-order valence-corrected chi connectivity index (χ0v) is 25.8. The van der Waals surface area contributed by atoms with E-state index in [2.05, 4.69) is 33.7 Å². The Kier molecular flexibility index (Phi) is 11.0. The van der Waals surface area contributed by atoms with E-state index in [1.54, 1.807) is 39.2 Å². The number of nitrogens with zero attached hydrogens (tertiary/aromatic N) is 1. The van der Waals surface area contributed by atoms with E-state index >= 15 is 0 Å². The summed E-state index contributed by atoms with van der Waals surface area (Å²) in [6, 6.07) is 15.6. The summed E-state index contributed by atoms with van der Waals surface area (Å²) in [6.07, 6.45) is 4.40. The zero-order chi connectivity index (χ0) is 30.9. The molecule has 2 N–H and O–H groups in total. The van der Waals surface area contributed by atoms with Gasteiger partial charge in [0.25, 0.3) is 0 Å². The molecule has 2 aliphatic rings. The number of benzene rings is 2. The number of piperidine rings is 1. The molecule has 2 aromatic carbocycles. The van der Waals surface area contributed by atoms with Gasteiger partial charge in [-0.2, -0.15) is 0 Å². The van der Waals surface area contributed by atoms with Crippen molar-refractivity contribution >= 4 is 23.5 Å². The largest absolute Gasteiger partial charge is 0.497 e. The lowest BCUT2D eigenvalue weighted by Crippen LogP contribution is -2.33. The summed E-state index contributed by atoms with van der Waals surface area (Å²) in [5.74, 6) is -0.383. The number of ether oxygens (including phenoxy) is 3. The Bertz CT molecular complexity index is 1350. The maximum Gasteiger partial charge on any atom is 0.336 e. The fourth-order valence-corrected chi connectivity index (χ4v) is 6.11. The first-order chi connectivity index (χ1) is 20.7. The third kappa shape index (κ3) is 7.84. The van der Waals surface area contributed by atoms with Crippen LogP contribution in [0.1, 0.15) is 68.9 Å². The van der Waals surface area contributed by atoms with Crippen LogP contribution in [0.25, 0.3) is 0 Å². The summed E-state index contributed by atoms with van der Waals surface area (Å²) in [5, 5.41) is 6.09. The molecule has 9 heteroatoms. The van der Waals surface area contributed by atoms with Crippen LogP contribution in [0.5, 0.6) is 5.75 Å². The number of anilines is 1. The molecule has 1 amide bonds. The van der Waals surface area contributed by atoms with Crippen molar-refractivity contribution in [2.45, 2.75) is 57.8 Å². The zero-order valence-electron chi connectivity index (χ0n) is 25.8. The van der Waals surface area contributed by atoms with Gasteiger partial charge in [0.2, 0.25) is 5.91 Å². The summed E-state index contributed by atoms with van der Waals surface area (Å²) >= 11 is 0. The van der Waals surface area contributed by atoms with Gasteiger partial charge in [-0.1, -0.05) is 24.3 Å². The second-order valence-electron chi connectivity index (χ2n) is 11.1. The van der Waals surface area contributed by atoms with Crippen LogP contribution in [0.15, 0.2) is 71.1 Å². The average Bonchev–Trinajstić information content (AvgIpc) is 3.02. The number of hydrogen-bond acceptors (Lipinski definition) is 8. The van der Waals surface area contributed by atoms with E-state index in [1.165, 1.54) is 19.8 Å². The molecule has 0 aliphatic carbocycles. The number of allylic oxidation sites excluding steroid dienone is 2. The monoisotopic (exact) mass is 589 g/mol. The van der Waals surface area contributed by atoms with Crippen LogP contribution in [0.3, 0.4) is 0 Å². The van der Waals surface area contributed by atoms with Crippen LogP contribution in [0.2, 0.25) is 0 Å². The molecule has 43 heavy (non-hydrogen) atoms. The third-order valence-electron chi connectivity index (χ3n) is 8.36. The number of rotatable bonds is 11. The van der Waals surface area contributed by atoms with Crippen LogP contribution in [0, 0.1) is 0 Å². The van der Waals surface area contributed by atoms with Gasteiger partial charge in [-0.15, -0.1) is 0 Å². The number of carbonyl (C=O) groups excluding carboxylic acids is 3. The van der Waals surface area contributed by atoms with E-state index in [1.807, 2.05) is 12.1 Å². The van der Waals surface area contributed by atoms with Crippen LogP contribution >= 0.6 is 0 Å². The third-order valence-corrected chi connectivity index (χ3v) is 8.36. The van der Waals surface area contributed by atoms with Crippen LogP contribution in [-0.2, 0) is 23.9 Å². The number of unbranched alkanes of at least 4 members (excludes halogenated alkanes) is 1. The number of likely N-dealkylation sites (tertiary alicyclic amines) is 1. The fourth-order valence-electron chi connectivity index (χ4n) is 6.11. The van der Waals surface area contributed by atoms with Crippen molar-refractivity contribution in [3.8, 4) is 5.75 Å². The first kappa shape index (κ1) is 31.8. The van der Waals surface area contributed by atoms with Crippen LogP contribution in [0.4, 0.5) is 5.69 Å². The SMILES string of the molecule is COC(=O)C1=C(C)NC(C)=C(C(=O)OC)C1c1cccc(NC(=O)CCCCN2CCC(c3cccc(OC)c3)CC2)c1. The minimum absolute atomic E-state index is 0.0704. The molecule has 0 bridgehead atoms. The van der Waals surface area contributed by atoms with Gasteiger partial charge in [0.15, 0.2) is 0 Å². The second-order valence-corrected chi connectivity index (χ2v) is 11.1. The molecule has 4 rings (SSSR count). The second kappa shape index (κ2) is 14.9. The van der Waals surface area contributed by atoms with Crippen molar-refractivity contribution in [2.24, 2.45) is 0 Å². The maximum absolute atomic E-state index is 12.8. The highest BCUT2D eigenvalue weighted by atomic mass is 16.5. The summed E-state index contributed by atoms with van der Waals surface area (Å²) in [4.78, 5) is 40.9. The molecule has 9 nitrogen and oxygen atoms in total. The Hall–Kier alpha value is -4.11. The van der Waals surface area contributed by atoms with Crippen molar-refractivity contribution in [1.82, 2.24) is 10.2 Å². The summed E-state index contributed by atoms with van der Waals surface area (Å²) in [5.41, 5.74) is 4.47. The number of esters is 2. The number of methoxy groups -OCH3 is 3. The van der Waals surface area contributed by atoms with Crippen molar-refractivity contribution in [3.63, 3.8) is 0 Å². The Morgan fingerprint density at radius 1 is 0.860 bits per heavy atom. The lowest BCUT2D eigenvalue weighted by molar-refractivity contribution is -0.137. The molecule has 0 aromatic heterocycles. The summed E-state index contributed by atoms with van der Waals surface area (Å²) in [6.45, 7) is 6.63. The molecule has 0 saturated carbocycles. The maximum atomic E-state index is 12.8. The average molecular weight is 590 g/mol. The van der Waals surface area contributed by atoms with Gasteiger partial charge in [-0.05, 0) is 100 Å². The standard InChI is InChI=1S/C34H43N3O6/c1-22-30(33(39)42-4)32(31(23(2)35-22)34(40)43-5)26-11-8-12-27(20-26)36-29(38)14-6-7-17-37-18-15-24(16-19-37)25-10-9-13-28(21-25)41-3/h8-13,20-21,24,32,35H,6-7,14-19H2,1-5H3,(H,36,38). The lowest BCUT2D eigenvalue weighted by Gasteiger charge is -2.32. The van der Waals surface area contributed by atoms with E-state index in [4.69, 9.17) is 14.2 Å². The van der Waals surface area contributed by atoms with E-state index in [0.717, 1.165) is 51.1 Å². The van der Waals surface area contributed by atoms with Gasteiger partial charge in [0.1, 0.15) is 5.75 Å². The topological polar surface area (TPSA) is 106 Å². The predicted molar refractivity (Wildman–Crippen MR) is 166 cm³/mol. The van der Waals surface area contributed by atoms with Gasteiger partial charge in [0.05, 0.1) is 38.4 Å². The molecular weight excluding hydrogens is 546 g/mol. The molecule has 0 unspecified atom stereocenters. The Balaban J connectivity index is 1.31. The molecule has 230 valence electrons. The van der Waals surface area contributed by atoms with Gasteiger partial charge in [0, 0.05) is 23.5 Å². The molecule has 2 aromatic rings. The van der Waals surface area contributed by atoms with Crippen molar-refractivity contribution < 1.29 is 28.6 Å². The number of amides is 1. The van der Waals surface area contributed by atoms with Crippen LogP contribution in [-0.4, -0.2) is 63.7 Å². The van der Waals surface area contributed by atoms with E-state index < -0.39 is 17.9 Å². The smallest absolute Gasteiger partial charge is 0.336 e. The number of hydrogen-bond donors (Lipinski definition) is 2. The van der Waals surface area contributed by atoms with E-state index in [-0.39, 0.29) is 5.91 Å². The highest BCUT2D eigenvalue weighted by molar-refractivity contribution is 6.00.